The molecule has 88 valence electrons. The van der Waals surface area contributed by atoms with Crippen molar-refractivity contribution in [1.82, 2.24) is 4.98 Å². The topological polar surface area (TPSA) is 62.2 Å². The van der Waals surface area contributed by atoms with E-state index in [1.165, 1.54) is 16.7 Å². The van der Waals surface area contributed by atoms with E-state index < -0.39 is 5.97 Å². The van der Waals surface area contributed by atoms with Crippen LogP contribution in [0.5, 0.6) is 0 Å². The van der Waals surface area contributed by atoms with E-state index in [1.54, 1.807) is 0 Å². The van der Waals surface area contributed by atoms with Crippen LogP contribution in [-0.2, 0) is 6.54 Å². The van der Waals surface area contributed by atoms with Crippen LogP contribution in [0.4, 0.5) is 5.13 Å². The van der Waals surface area contributed by atoms with E-state index in [0.717, 1.165) is 10.0 Å². The minimum Gasteiger partial charge on any atom is -0.476 e. The fraction of sp³-hybridized carbons (Fsp3) is 0.0909. The third kappa shape index (κ3) is 3.28. The van der Waals surface area contributed by atoms with Gasteiger partial charge in [0.1, 0.15) is 0 Å². The van der Waals surface area contributed by atoms with Crippen molar-refractivity contribution in [2.45, 2.75) is 6.54 Å². The van der Waals surface area contributed by atoms with Gasteiger partial charge in [0.2, 0.25) is 0 Å². The van der Waals surface area contributed by atoms with Crippen molar-refractivity contribution in [3.05, 3.63) is 45.4 Å². The summed E-state index contributed by atoms with van der Waals surface area (Å²) in [5.74, 6) is -1.00. The largest absolute Gasteiger partial charge is 0.476 e. The Morgan fingerprint density at radius 2 is 2.12 bits per heavy atom. The number of aromatic carboxylic acids is 1. The van der Waals surface area contributed by atoms with Gasteiger partial charge in [-0.25, -0.2) is 9.78 Å². The molecule has 0 aliphatic heterocycles. The Hall–Kier alpha value is -1.40. The first-order valence-electron chi connectivity index (χ1n) is 4.82. The first-order valence-corrected chi connectivity index (χ1v) is 6.49. The van der Waals surface area contributed by atoms with E-state index in [1.807, 2.05) is 24.3 Å². The molecule has 0 spiro atoms. The summed E-state index contributed by atoms with van der Waals surface area (Å²) in [6, 6.07) is 7.90. The van der Waals surface area contributed by atoms with Gasteiger partial charge in [-0.2, -0.15) is 0 Å². The predicted molar refractivity (Wildman–Crippen MR) is 70.5 cm³/mol. The van der Waals surface area contributed by atoms with Crippen LogP contribution in [0.1, 0.15) is 16.1 Å². The summed E-state index contributed by atoms with van der Waals surface area (Å²) in [6.07, 6.45) is 0. The lowest BCUT2D eigenvalue weighted by Gasteiger charge is -2.02. The molecule has 1 aromatic heterocycles. The van der Waals surface area contributed by atoms with Gasteiger partial charge in [0.15, 0.2) is 10.8 Å². The Kier molecular flexibility index (Phi) is 3.75. The zero-order chi connectivity index (χ0) is 12.3. The van der Waals surface area contributed by atoms with Crippen LogP contribution in [0.3, 0.4) is 0 Å². The maximum Gasteiger partial charge on any atom is 0.355 e. The Morgan fingerprint density at radius 3 is 2.71 bits per heavy atom. The summed E-state index contributed by atoms with van der Waals surface area (Å²) in [5.41, 5.74) is 1.19. The maximum atomic E-state index is 10.6. The van der Waals surface area contributed by atoms with Gasteiger partial charge in [-0.15, -0.1) is 11.3 Å². The lowest BCUT2D eigenvalue weighted by atomic mass is 10.2. The molecule has 0 atom stereocenters. The van der Waals surface area contributed by atoms with E-state index >= 15 is 0 Å². The van der Waals surface area contributed by atoms with Crippen molar-refractivity contribution >= 4 is 38.4 Å². The van der Waals surface area contributed by atoms with Gasteiger partial charge in [-0.1, -0.05) is 28.1 Å². The third-order valence-corrected chi connectivity index (χ3v) is 3.41. The second kappa shape index (κ2) is 5.29. The van der Waals surface area contributed by atoms with Crippen molar-refractivity contribution in [3.63, 3.8) is 0 Å². The smallest absolute Gasteiger partial charge is 0.355 e. The van der Waals surface area contributed by atoms with Crippen molar-refractivity contribution in [1.29, 1.82) is 0 Å². The molecule has 0 fully saturated rings. The normalized spacial score (nSPS) is 10.2. The zero-order valence-corrected chi connectivity index (χ0v) is 11.1. The standard InChI is InChI=1S/C11H9BrN2O2S/c12-8-3-1-7(2-4-8)5-13-11-14-9(6-17-11)10(15)16/h1-4,6H,5H2,(H,13,14)(H,15,16). The fourth-order valence-electron chi connectivity index (χ4n) is 1.23. The number of carboxylic acids is 1. The van der Waals surface area contributed by atoms with Crippen LogP contribution in [0.2, 0.25) is 0 Å². The summed E-state index contributed by atoms with van der Waals surface area (Å²) in [6.45, 7) is 0.625. The number of hydrogen-bond acceptors (Lipinski definition) is 4. The van der Waals surface area contributed by atoms with Crippen LogP contribution < -0.4 is 5.32 Å². The van der Waals surface area contributed by atoms with Crippen molar-refractivity contribution in [2.24, 2.45) is 0 Å². The molecule has 0 aliphatic carbocycles. The van der Waals surface area contributed by atoms with E-state index in [-0.39, 0.29) is 5.69 Å². The molecule has 2 N–H and O–H groups in total. The number of thiazole rings is 1. The zero-order valence-electron chi connectivity index (χ0n) is 8.68. The molecular weight excluding hydrogens is 304 g/mol. The van der Waals surface area contributed by atoms with Crippen molar-refractivity contribution in [3.8, 4) is 0 Å². The Labute approximate surface area is 110 Å². The molecule has 6 heteroatoms. The molecule has 0 amide bonds. The van der Waals surface area contributed by atoms with E-state index in [0.29, 0.717) is 11.7 Å². The highest BCUT2D eigenvalue weighted by molar-refractivity contribution is 9.10. The SMILES string of the molecule is O=C(O)c1csc(NCc2ccc(Br)cc2)n1. The average molecular weight is 313 g/mol. The predicted octanol–water partition coefficient (Wildman–Crippen LogP) is 3.22. The molecule has 0 saturated carbocycles. The summed E-state index contributed by atoms with van der Waals surface area (Å²) < 4.78 is 1.03. The first-order chi connectivity index (χ1) is 8.15. The molecule has 1 heterocycles. The number of hydrogen-bond donors (Lipinski definition) is 2. The number of halogens is 1. The van der Waals surface area contributed by atoms with Gasteiger partial charge >= 0.3 is 5.97 Å². The molecule has 0 saturated heterocycles. The number of nitrogens with zero attached hydrogens (tertiary/aromatic N) is 1. The highest BCUT2D eigenvalue weighted by Gasteiger charge is 2.07. The summed E-state index contributed by atoms with van der Waals surface area (Å²) in [5, 5.41) is 13.9. The highest BCUT2D eigenvalue weighted by Crippen LogP contribution is 2.17. The van der Waals surface area contributed by atoms with Crippen molar-refractivity contribution in [2.75, 3.05) is 5.32 Å². The molecule has 0 aliphatic rings. The molecular formula is C11H9BrN2O2S. The second-order valence-electron chi connectivity index (χ2n) is 3.32. The van der Waals surface area contributed by atoms with Crippen LogP contribution in [0, 0.1) is 0 Å². The van der Waals surface area contributed by atoms with Crippen LogP contribution in [0.15, 0.2) is 34.1 Å². The fourth-order valence-corrected chi connectivity index (χ4v) is 2.18. The van der Waals surface area contributed by atoms with Gasteiger partial charge < -0.3 is 10.4 Å². The minimum absolute atomic E-state index is 0.0771. The monoisotopic (exact) mass is 312 g/mol. The number of nitrogens with one attached hydrogen (secondary N) is 1. The number of carbonyl (C=O) groups is 1. The van der Waals surface area contributed by atoms with E-state index in [9.17, 15) is 4.79 Å². The molecule has 4 nitrogen and oxygen atoms in total. The van der Waals surface area contributed by atoms with E-state index in [2.05, 4.69) is 26.2 Å². The molecule has 2 rings (SSSR count). The number of rotatable bonds is 4. The number of aromatic nitrogens is 1. The van der Waals surface area contributed by atoms with Crippen LogP contribution >= 0.6 is 27.3 Å². The second-order valence-corrected chi connectivity index (χ2v) is 5.10. The first kappa shape index (κ1) is 12.1. The van der Waals surface area contributed by atoms with E-state index in [4.69, 9.17) is 5.11 Å². The van der Waals surface area contributed by atoms with Gasteiger partial charge in [-0.3, -0.25) is 0 Å². The highest BCUT2D eigenvalue weighted by atomic mass is 79.9. The maximum absolute atomic E-state index is 10.6. The average Bonchev–Trinajstić information content (AvgIpc) is 2.77. The lowest BCUT2D eigenvalue weighted by Crippen LogP contribution is -2.00. The summed E-state index contributed by atoms with van der Waals surface area (Å²) in [4.78, 5) is 14.6. The van der Waals surface area contributed by atoms with Crippen molar-refractivity contribution < 1.29 is 9.90 Å². The Morgan fingerprint density at radius 1 is 1.41 bits per heavy atom. The molecule has 17 heavy (non-hydrogen) atoms. The number of carboxylic acid groups (broad SMARTS) is 1. The minimum atomic E-state index is -1.00. The molecule has 0 bridgehead atoms. The molecule has 0 radical (unpaired) electrons. The Bertz CT molecular complexity index is 525. The lowest BCUT2D eigenvalue weighted by molar-refractivity contribution is 0.0691. The van der Waals surface area contributed by atoms with Crippen LogP contribution in [0.25, 0.3) is 0 Å². The summed E-state index contributed by atoms with van der Waals surface area (Å²) >= 11 is 4.65. The quantitative estimate of drug-likeness (QED) is 0.910. The van der Waals surface area contributed by atoms with Gasteiger partial charge in [0, 0.05) is 16.4 Å². The third-order valence-electron chi connectivity index (χ3n) is 2.08. The van der Waals surface area contributed by atoms with Gasteiger partial charge in [-0.05, 0) is 17.7 Å². The molecule has 1 aromatic carbocycles. The van der Waals surface area contributed by atoms with Gasteiger partial charge in [0.05, 0.1) is 0 Å². The Balaban J connectivity index is 1.97. The molecule has 2 aromatic rings. The number of anilines is 1. The van der Waals surface area contributed by atoms with Crippen LogP contribution in [-0.4, -0.2) is 16.1 Å². The van der Waals surface area contributed by atoms with Gasteiger partial charge in [0.25, 0.3) is 0 Å². The summed E-state index contributed by atoms with van der Waals surface area (Å²) in [7, 11) is 0. The molecule has 0 unspecified atom stereocenters. The number of benzene rings is 1.